The monoisotopic (exact) mass is 392 g/mol. The molecule has 0 bridgehead atoms. The summed E-state index contributed by atoms with van der Waals surface area (Å²) in [5.41, 5.74) is 0.849. The van der Waals surface area contributed by atoms with E-state index in [4.69, 9.17) is 0 Å². The lowest BCUT2D eigenvalue weighted by atomic mass is 9.97. The molecule has 0 spiro atoms. The predicted molar refractivity (Wildman–Crippen MR) is 99.0 cm³/mol. The number of benzene rings is 1. The van der Waals surface area contributed by atoms with Crippen LogP contribution in [-0.2, 0) is 0 Å². The Hall–Kier alpha value is -2.51. The highest BCUT2D eigenvalue weighted by Crippen LogP contribution is 2.43. The number of nitrogens with one attached hydrogen (secondary N) is 1. The number of fused-ring (bicyclic) bond motifs is 1. The van der Waals surface area contributed by atoms with Gasteiger partial charge in [0.15, 0.2) is 11.7 Å². The van der Waals surface area contributed by atoms with Gasteiger partial charge in [0.2, 0.25) is 0 Å². The van der Waals surface area contributed by atoms with Crippen LogP contribution in [0.15, 0.2) is 36.4 Å². The van der Waals surface area contributed by atoms with Gasteiger partial charge < -0.3 is 10.2 Å². The van der Waals surface area contributed by atoms with Crippen LogP contribution in [0.1, 0.15) is 54.3 Å². The summed E-state index contributed by atoms with van der Waals surface area (Å²) >= 11 is 0. The molecule has 4 rings (SSSR count). The van der Waals surface area contributed by atoms with Crippen molar-refractivity contribution in [3.05, 3.63) is 47.7 Å². The zero-order valence-corrected chi connectivity index (χ0v) is 15.6. The van der Waals surface area contributed by atoms with Gasteiger partial charge in [-0.05, 0) is 24.3 Å². The van der Waals surface area contributed by atoms with Gasteiger partial charge in [-0.15, -0.1) is 0 Å². The molecule has 1 aromatic carbocycles. The number of hydrogen-bond acceptors (Lipinski definition) is 3. The number of rotatable bonds is 2. The van der Waals surface area contributed by atoms with Gasteiger partial charge in [-0.2, -0.15) is 18.3 Å². The Labute approximate surface area is 161 Å². The number of alkyl halides is 3. The number of nitrogens with zero attached hydrogens (tertiary/aromatic N) is 3. The van der Waals surface area contributed by atoms with Gasteiger partial charge in [-0.3, -0.25) is 4.79 Å². The lowest BCUT2D eigenvalue weighted by molar-refractivity contribution is -0.173. The summed E-state index contributed by atoms with van der Waals surface area (Å²) in [7, 11) is 0. The standard InChI is InChI=1S/C20H23F3N4O/c1-13-7-9-26(10-8-13)19(28)16-12-18-24-15(14-5-3-2-4-6-14)11-17(20(21,22)23)27(18)25-16/h2-6,12-13,15,17,24H,7-11H2,1H3/t15-,17-/m0/s1. The van der Waals surface area contributed by atoms with Crippen molar-refractivity contribution in [1.82, 2.24) is 14.7 Å². The predicted octanol–water partition coefficient (Wildman–Crippen LogP) is 4.42. The van der Waals surface area contributed by atoms with E-state index in [0.29, 0.717) is 19.0 Å². The van der Waals surface area contributed by atoms with E-state index in [1.807, 2.05) is 6.07 Å². The van der Waals surface area contributed by atoms with Gasteiger partial charge in [0, 0.05) is 25.6 Å². The maximum atomic E-state index is 13.7. The lowest BCUT2D eigenvalue weighted by Gasteiger charge is -2.33. The van der Waals surface area contributed by atoms with Crippen molar-refractivity contribution >= 4 is 11.7 Å². The summed E-state index contributed by atoms with van der Waals surface area (Å²) in [6.45, 7) is 3.37. The Morgan fingerprint density at radius 1 is 1.18 bits per heavy atom. The molecule has 2 aromatic rings. The molecule has 0 saturated carbocycles. The SMILES string of the molecule is CC1CCN(C(=O)c2cc3n(n2)[C@H](C(F)(F)F)C[C@@H](c2ccccc2)N3)CC1. The van der Waals surface area contributed by atoms with Crippen LogP contribution in [0.4, 0.5) is 19.0 Å². The molecule has 2 aliphatic heterocycles. The highest BCUT2D eigenvalue weighted by atomic mass is 19.4. The number of carbonyl (C=O) groups is 1. The summed E-state index contributed by atoms with van der Waals surface area (Å²) in [6, 6.07) is 8.24. The van der Waals surface area contributed by atoms with Gasteiger partial charge in [-0.1, -0.05) is 37.3 Å². The van der Waals surface area contributed by atoms with Crippen LogP contribution in [0.2, 0.25) is 0 Å². The van der Waals surface area contributed by atoms with Crippen molar-refractivity contribution in [2.24, 2.45) is 5.92 Å². The van der Waals surface area contributed by atoms with Crippen LogP contribution in [0.5, 0.6) is 0 Å². The third kappa shape index (κ3) is 3.59. The Bertz CT molecular complexity index is 841. The van der Waals surface area contributed by atoms with Crippen molar-refractivity contribution in [3.8, 4) is 0 Å². The number of anilines is 1. The molecule has 0 unspecified atom stereocenters. The molecule has 1 aromatic heterocycles. The average Bonchev–Trinajstić information content (AvgIpc) is 3.11. The molecule has 1 N–H and O–H groups in total. The van der Waals surface area contributed by atoms with Crippen LogP contribution < -0.4 is 5.32 Å². The molecule has 150 valence electrons. The van der Waals surface area contributed by atoms with Crippen molar-refractivity contribution < 1.29 is 18.0 Å². The first-order valence-corrected chi connectivity index (χ1v) is 9.60. The van der Waals surface area contributed by atoms with Crippen molar-refractivity contribution in [2.45, 2.75) is 44.4 Å². The van der Waals surface area contributed by atoms with Gasteiger partial charge >= 0.3 is 6.18 Å². The minimum Gasteiger partial charge on any atom is -0.363 e. The molecule has 2 aliphatic rings. The molecular weight excluding hydrogens is 369 g/mol. The molecule has 0 aliphatic carbocycles. The average molecular weight is 392 g/mol. The molecule has 8 heteroatoms. The number of hydrogen-bond donors (Lipinski definition) is 1. The maximum Gasteiger partial charge on any atom is 0.410 e. The summed E-state index contributed by atoms with van der Waals surface area (Å²) in [4.78, 5) is 14.5. The molecule has 0 radical (unpaired) electrons. The van der Waals surface area contributed by atoms with Crippen LogP contribution in [0.3, 0.4) is 0 Å². The molecule has 3 heterocycles. The van der Waals surface area contributed by atoms with Crippen LogP contribution in [-0.4, -0.2) is 39.9 Å². The first kappa shape index (κ1) is 18.8. The summed E-state index contributed by atoms with van der Waals surface area (Å²) < 4.78 is 42.1. The molecule has 2 atom stereocenters. The minimum atomic E-state index is -4.45. The second-order valence-electron chi connectivity index (χ2n) is 7.73. The largest absolute Gasteiger partial charge is 0.410 e. The van der Waals surface area contributed by atoms with E-state index in [9.17, 15) is 18.0 Å². The normalized spacial score (nSPS) is 23.2. The van der Waals surface area contributed by atoms with Crippen molar-refractivity contribution in [3.63, 3.8) is 0 Å². The second-order valence-corrected chi connectivity index (χ2v) is 7.73. The van der Waals surface area contributed by atoms with E-state index in [0.717, 1.165) is 23.1 Å². The van der Waals surface area contributed by atoms with E-state index in [1.165, 1.54) is 6.07 Å². The van der Waals surface area contributed by atoms with Crippen LogP contribution in [0.25, 0.3) is 0 Å². The maximum absolute atomic E-state index is 13.7. The Balaban J connectivity index is 1.63. The zero-order valence-electron chi connectivity index (χ0n) is 15.6. The smallest absolute Gasteiger partial charge is 0.363 e. The molecular formula is C20H23F3N4O. The van der Waals surface area contributed by atoms with E-state index in [2.05, 4.69) is 17.3 Å². The van der Waals surface area contributed by atoms with Crippen LogP contribution in [0, 0.1) is 5.92 Å². The molecule has 28 heavy (non-hydrogen) atoms. The Morgan fingerprint density at radius 3 is 2.50 bits per heavy atom. The van der Waals surface area contributed by atoms with Gasteiger partial charge in [-0.25, -0.2) is 4.68 Å². The molecule has 1 fully saturated rings. The topological polar surface area (TPSA) is 50.2 Å². The summed E-state index contributed by atoms with van der Waals surface area (Å²) in [6.07, 6.45) is -2.81. The first-order valence-electron chi connectivity index (χ1n) is 9.60. The highest BCUT2D eigenvalue weighted by Gasteiger charge is 2.47. The van der Waals surface area contributed by atoms with Crippen molar-refractivity contribution in [1.29, 1.82) is 0 Å². The summed E-state index contributed by atoms with van der Waals surface area (Å²) in [5.74, 6) is 0.492. The fourth-order valence-corrected chi connectivity index (χ4v) is 3.96. The third-order valence-corrected chi connectivity index (χ3v) is 5.68. The quantitative estimate of drug-likeness (QED) is 0.823. The fraction of sp³-hybridized carbons (Fsp3) is 0.500. The minimum absolute atomic E-state index is 0.0695. The van der Waals surface area contributed by atoms with Gasteiger partial charge in [0.25, 0.3) is 5.91 Å². The van der Waals surface area contributed by atoms with E-state index in [-0.39, 0.29) is 23.8 Å². The Kier molecular flexibility index (Phi) is 4.81. The molecule has 1 amide bonds. The van der Waals surface area contributed by atoms with Crippen molar-refractivity contribution in [2.75, 3.05) is 18.4 Å². The number of halogens is 3. The third-order valence-electron chi connectivity index (χ3n) is 5.68. The highest BCUT2D eigenvalue weighted by molar-refractivity contribution is 5.93. The van der Waals surface area contributed by atoms with E-state index < -0.39 is 18.3 Å². The lowest BCUT2D eigenvalue weighted by Crippen LogP contribution is -2.38. The summed E-state index contributed by atoms with van der Waals surface area (Å²) in [5, 5.41) is 7.19. The number of amides is 1. The molecule has 1 saturated heterocycles. The fourth-order valence-electron chi connectivity index (χ4n) is 3.96. The number of piperidine rings is 1. The molecule has 5 nitrogen and oxygen atoms in total. The Morgan fingerprint density at radius 2 is 1.86 bits per heavy atom. The zero-order chi connectivity index (χ0) is 19.9. The van der Waals surface area contributed by atoms with Crippen LogP contribution >= 0.6 is 0 Å². The number of aromatic nitrogens is 2. The number of likely N-dealkylation sites (tertiary alicyclic amines) is 1. The van der Waals surface area contributed by atoms with E-state index >= 15 is 0 Å². The first-order chi connectivity index (χ1) is 13.3. The van der Waals surface area contributed by atoms with Gasteiger partial charge in [0.05, 0.1) is 6.04 Å². The number of carbonyl (C=O) groups excluding carboxylic acids is 1. The van der Waals surface area contributed by atoms with Gasteiger partial charge in [0.1, 0.15) is 5.82 Å². The van der Waals surface area contributed by atoms with E-state index in [1.54, 1.807) is 29.2 Å². The second kappa shape index (κ2) is 7.14.